The van der Waals surface area contributed by atoms with Gasteiger partial charge in [0.25, 0.3) is 5.91 Å². The van der Waals surface area contributed by atoms with Gasteiger partial charge < -0.3 is 14.8 Å². The first kappa shape index (κ1) is 18.6. The molecule has 1 fully saturated rings. The SMILES string of the molecule is COc1ccc(C(NC(=O)COc2cc(F)ccc2[N+](=O)[O-])C2CC2)cc1. The highest BCUT2D eigenvalue weighted by Crippen LogP contribution is 2.41. The van der Waals surface area contributed by atoms with Crippen LogP contribution in [0.25, 0.3) is 0 Å². The third-order valence-corrected chi connectivity index (χ3v) is 4.36. The summed E-state index contributed by atoms with van der Waals surface area (Å²) >= 11 is 0. The molecule has 0 aromatic heterocycles. The number of ether oxygens (including phenoxy) is 2. The Balaban J connectivity index is 1.65. The van der Waals surface area contributed by atoms with Crippen LogP contribution in [0.5, 0.6) is 11.5 Å². The van der Waals surface area contributed by atoms with Gasteiger partial charge in [-0.2, -0.15) is 0 Å². The van der Waals surface area contributed by atoms with E-state index in [0.29, 0.717) is 5.92 Å². The van der Waals surface area contributed by atoms with Crippen LogP contribution in [0, 0.1) is 21.8 Å². The maximum atomic E-state index is 13.3. The number of nitrogens with zero attached hydrogens (tertiary/aromatic N) is 1. The summed E-state index contributed by atoms with van der Waals surface area (Å²) in [5.41, 5.74) is 0.557. The summed E-state index contributed by atoms with van der Waals surface area (Å²) in [5, 5.41) is 13.9. The van der Waals surface area contributed by atoms with Gasteiger partial charge in [0.15, 0.2) is 6.61 Å². The molecular weight excluding hydrogens is 355 g/mol. The number of carbonyl (C=O) groups is 1. The van der Waals surface area contributed by atoms with E-state index in [1.165, 1.54) is 0 Å². The highest BCUT2D eigenvalue weighted by molar-refractivity contribution is 5.78. The second kappa shape index (κ2) is 8.03. The van der Waals surface area contributed by atoms with Crippen molar-refractivity contribution in [1.82, 2.24) is 5.32 Å². The highest BCUT2D eigenvalue weighted by Gasteiger charge is 2.33. The van der Waals surface area contributed by atoms with Gasteiger partial charge in [-0.25, -0.2) is 4.39 Å². The first-order valence-electron chi connectivity index (χ1n) is 8.48. The first-order chi connectivity index (χ1) is 13.0. The van der Waals surface area contributed by atoms with Gasteiger partial charge in [-0.3, -0.25) is 14.9 Å². The monoisotopic (exact) mass is 374 g/mol. The largest absolute Gasteiger partial charge is 0.497 e. The fourth-order valence-corrected chi connectivity index (χ4v) is 2.83. The van der Waals surface area contributed by atoms with Gasteiger partial charge in [0.1, 0.15) is 11.6 Å². The lowest BCUT2D eigenvalue weighted by atomic mass is 10.0. The minimum atomic E-state index is -0.683. The van der Waals surface area contributed by atoms with Gasteiger partial charge in [0.05, 0.1) is 18.1 Å². The van der Waals surface area contributed by atoms with Crippen molar-refractivity contribution in [3.05, 3.63) is 64.0 Å². The van der Waals surface area contributed by atoms with E-state index in [-0.39, 0.29) is 11.8 Å². The summed E-state index contributed by atoms with van der Waals surface area (Å²) in [6.45, 7) is -0.441. The van der Waals surface area contributed by atoms with Crippen molar-refractivity contribution in [2.75, 3.05) is 13.7 Å². The molecule has 3 rings (SSSR count). The number of benzene rings is 2. The lowest BCUT2D eigenvalue weighted by molar-refractivity contribution is -0.385. The molecule has 1 amide bonds. The van der Waals surface area contributed by atoms with Gasteiger partial charge in [0.2, 0.25) is 5.75 Å². The van der Waals surface area contributed by atoms with E-state index in [0.717, 1.165) is 42.4 Å². The van der Waals surface area contributed by atoms with Crippen molar-refractivity contribution < 1.29 is 23.6 Å². The molecule has 0 radical (unpaired) electrons. The van der Waals surface area contributed by atoms with Crippen LogP contribution in [0.2, 0.25) is 0 Å². The summed E-state index contributed by atoms with van der Waals surface area (Å²) in [5.74, 6) is -0.318. The van der Waals surface area contributed by atoms with Crippen molar-refractivity contribution in [2.45, 2.75) is 18.9 Å². The zero-order valence-electron chi connectivity index (χ0n) is 14.7. The van der Waals surface area contributed by atoms with Gasteiger partial charge in [-0.05, 0) is 42.5 Å². The van der Waals surface area contributed by atoms with Crippen molar-refractivity contribution >= 4 is 11.6 Å². The predicted octanol–water partition coefficient (Wildman–Crippen LogP) is 3.39. The molecule has 1 atom stereocenters. The Morgan fingerprint density at radius 3 is 2.59 bits per heavy atom. The Bertz CT molecular complexity index is 836. The Hall–Kier alpha value is -3.16. The number of amides is 1. The van der Waals surface area contributed by atoms with Crippen LogP contribution in [0.1, 0.15) is 24.4 Å². The molecule has 1 aliphatic rings. The minimum absolute atomic E-state index is 0.172. The molecule has 1 N–H and O–H groups in total. The first-order valence-corrected chi connectivity index (χ1v) is 8.48. The van der Waals surface area contributed by atoms with E-state index in [1.807, 2.05) is 24.3 Å². The third kappa shape index (κ3) is 4.72. The van der Waals surface area contributed by atoms with E-state index >= 15 is 0 Å². The quantitative estimate of drug-likeness (QED) is 0.565. The molecule has 142 valence electrons. The lowest BCUT2D eigenvalue weighted by Gasteiger charge is -2.19. The molecule has 1 unspecified atom stereocenters. The van der Waals surface area contributed by atoms with Crippen LogP contribution in [-0.4, -0.2) is 24.5 Å². The molecule has 2 aromatic rings. The Kier molecular flexibility index (Phi) is 5.54. The molecule has 0 saturated heterocycles. The molecule has 7 nitrogen and oxygen atoms in total. The average Bonchev–Trinajstić information content (AvgIpc) is 3.49. The van der Waals surface area contributed by atoms with Gasteiger partial charge in [-0.1, -0.05) is 12.1 Å². The molecule has 0 bridgehead atoms. The number of carbonyl (C=O) groups excluding carboxylic acids is 1. The smallest absolute Gasteiger partial charge is 0.311 e. The minimum Gasteiger partial charge on any atom is -0.497 e. The zero-order chi connectivity index (χ0) is 19.4. The molecule has 27 heavy (non-hydrogen) atoms. The van der Waals surface area contributed by atoms with Crippen molar-refractivity contribution in [3.8, 4) is 11.5 Å². The molecule has 0 aliphatic heterocycles. The summed E-state index contributed by atoms with van der Waals surface area (Å²) in [6, 6.07) is 10.1. The molecule has 8 heteroatoms. The van der Waals surface area contributed by atoms with E-state index < -0.39 is 28.9 Å². The van der Waals surface area contributed by atoms with E-state index in [1.54, 1.807) is 7.11 Å². The van der Waals surface area contributed by atoms with Gasteiger partial charge >= 0.3 is 5.69 Å². The predicted molar refractivity (Wildman–Crippen MR) is 95.2 cm³/mol. The summed E-state index contributed by atoms with van der Waals surface area (Å²) < 4.78 is 23.7. The lowest BCUT2D eigenvalue weighted by Crippen LogP contribution is -2.33. The van der Waals surface area contributed by atoms with Crippen molar-refractivity contribution in [1.29, 1.82) is 0 Å². The van der Waals surface area contributed by atoms with Crippen LogP contribution in [0.3, 0.4) is 0 Å². The number of nitro benzene ring substituents is 1. The molecular formula is C19H19FN2O5. The van der Waals surface area contributed by atoms with Crippen LogP contribution >= 0.6 is 0 Å². The van der Waals surface area contributed by atoms with E-state index in [4.69, 9.17) is 9.47 Å². The maximum absolute atomic E-state index is 13.3. The fourth-order valence-electron chi connectivity index (χ4n) is 2.83. The molecule has 0 spiro atoms. The molecule has 1 aliphatic carbocycles. The molecule has 0 heterocycles. The maximum Gasteiger partial charge on any atom is 0.311 e. The number of methoxy groups -OCH3 is 1. The Morgan fingerprint density at radius 1 is 1.30 bits per heavy atom. The van der Waals surface area contributed by atoms with Gasteiger partial charge in [-0.15, -0.1) is 0 Å². The average molecular weight is 374 g/mol. The highest BCUT2D eigenvalue weighted by atomic mass is 19.1. The number of rotatable bonds is 8. The Labute approximate surface area is 155 Å². The van der Waals surface area contributed by atoms with E-state index in [9.17, 15) is 19.3 Å². The number of halogens is 1. The van der Waals surface area contributed by atoms with Crippen LogP contribution in [0.4, 0.5) is 10.1 Å². The molecule has 2 aromatic carbocycles. The number of nitro groups is 1. The summed E-state index contributed by atoms with van der Waals surface area (Å²) in [4.78, 5) is 22.6. The van der Waals surface area contributed by atoms with Gasteiger partial charge in [0, 0.05) is 12.1 Å². The summed E-state index contributed by atoms with van der Waals surface area (Å²) in [6.07, 6.45) is 2.01. The van der Waals surface area contributed by atoms with Crippen molar-refractivity contribution in [3.63, 3.8) is 0 Å². The number of nitrogens with one attached hydrogen (secondary N) is 1. The topological polar surface area (TPSA) is 90.7 Å². The normalized spacial score (nSPS) is 14.3. The fraction of sp³-hybridized carbons (Fsp3) is 0.316. The summed E-state index contributed by atoms with van der Waals surface area (Å²) in [7, 11) is 1.58. The second-order valence-electron chi connectivity index (χ2n) is 6.31. The standard InChI is InChI=1S/C19H19FN2O5/c1-26-15-7-4-13(5-8-15)19(12-2-3-12)21-18(23)11-27-17-10-14(20)6-9-16(17)22(24)25/h4-10,12,19H,2-3,11H2,1H3,(H,21,23). The third-order valence-electron chi connectivity index (χ3n) is 4.36. The second-order valence-corrected chi connectivity index (χ2v) is 6.31. The van der Waals surface area contributed by atoms with E-state index in [2.05, 4.69) is 5.32 Å². The number of hydrogen-bond acceptors (Lipinski definition) is 5. The zero-order valence-corrected chi connectivity index (χ0v) is 14.7. The Morgan fingerprint density at radius 2 is 2.00 bits per heavy atom. The van der Waals surface area contributed by atoms with Crippen molar-refractivity contribution in [2.24, 2.45) is 5.92 Å². The molecule has 1 saturated carbocycles. The van der Waals surface area contributed by atoms with Crippen LogP contribution in [0.15, 0.2) is 42.5 Å². The van der Waals surface area contributed by atoms with Crippen LogP contribution < -0.4 is 14.8 Å². The van der Waals surface area contributed by atoms with Crippen LogP contribution in [-0.2, 0) is 4.79 Å². The number of hydrogen-bond donors (Lipinski definition) is 1.